The van der Waals surface area contributed by atoms with Crippen molar-refractivity contribution in [1.29, 1.82) is 0 Å². The second-order valence-electron chi connectivity index (χ2n) is 8.03. The zero-order chi connectivity index (χ0) is 20.3. The molecule has 1 saturated heterocycles. The molecule has 4 aromatic heterocycles. The lowest BCUT2D eigenvalue weighted by atomic mass is 9.93. The van der Waals surface area contributed by atoms with Gasteiger partial charge in [-0.3, -0.25) is 4.68 Å². The van der Waals surface area contributed by atoms with Crippen molar-refractivity contribution < 1.29 is 0 Å². The van der Waals surface area contributed by atoms with Crippen molar-refractivity contribution in [2.24, 2.45) is 0 Å². The number of aromatic nitrogens is 6. The average molecular weight is 400 g/mol. The zero-order valence-corrected chi connectivity index (χ0v) is 17.1. The Morgan fingerprint density at radius 2 is 1.80 bits per heavy atom. The lowest BCUT2D eigenvalue weighted by molar-refractivity contribution is 0.201. The highest BCUT2D eigenvalue weighted by molar-refractivity contribution is 5.80. The van der Waals surface area contributed by atoms with Gasteiger partial charge in [0.25, 0.3) is 0 Å². The number of hydrogen-bond donors (Lipinski definition) is 0. The summed E-state index contributed by atoms with van der Waals surface area (Å²) in [7, 11) is 0. The van der Waals surface area contributed by atoms with Crippen LogP contribution in [0.5, 0.6) is 0 Å². The standard InChI is InChI=1S/C23H25N7/c1-17-11-27-30(15-17)9-8-29-6-4-18(5-7-29)22-3-2-19-10-20(14-26-23(19)28-22)21-12-24-16-25-13-21/h2-3,10-16,18H,4-9H2,1H3. The first kappa shape index (κ1) is 18.8. The number of nitrogens with zero attached hydrogens (tertiary/aromatic N) is 7. The minimum Gasteiger partial charge on any atom is -0.301 e. The molecule has 0 amide bonds. The van der Waals surface area contributed by atoms with Gasteiger partial charge in [-0.15, -0.1) is 0 Å². The SMILES string of the molecule is Cc1cnn(CCN2CCC(c3ccc4cc(-c5cncnc5)cnc4n3)CC2)c1. The summed E-state index contributed by atoms with van der Waals surface area (Å²) >= 11 is 0. The van der Waals surface area contributed by atoms with Crippen molar-refractivity contribution in [3.63, 3.8) is 0 Å². The predicted octanol–water partition coefficient (Wildman–Crippen LogP) is 3.47. The van der Waals surface area contributed by atoms with E-state index < -0.39 is 0 Å². The van der Waals surface area contributed by atoms with Crippen molar-refractivity contribution in [1.82, 2.24) is 34.6 Å². The summed E-state index contributed by atoms with van der Waals surface area (Å²) in [4.78, 5) is 20.2. The minimum atomic E-state index is 0.501. The van der Waals surface area contributed by atoms with Gasteiger partial charge in [-0.05, 0) is 56.6 Å². The quantitative estimate of drug-likeness (QED) is 0.512. The van der Waals surface area contributed by atoms with Crippen LogP contribution >= 0.6 is 0 Å². The van der Waals surface area contributed by atoms with Gasteiger partial charge in [0.2, 0.25) is 0 Å². The summed E-state index contributed by atoms with van der Waals surface area (Å²) in [6.45, 7) is 6.28. The molecule has 0 bridgehead atoms. The predicted molar refractivity (Wildman–Crippen MR) is 116 cm³/mol. The molecule has 0 N–H and O–H groups in total. The fourth-order valence-corrected chi connectivity index (χ4v) is 4.14. The van der Waals surface area contributed by atoms with Gasteiger partial charge in [0.1, 0.15) is 6.33 Å². The average Bonchev–Trinajstić information content (AvgIpc) is 3.23. The molecule has 1 aliphatic rings. The van der Waals surface area contributed by atoms with E-state index >= 15 is 0 Å². The van der Waals surface area contributed by atoms with E-state index in [0.29, 0.717) is 5.92 Å². The number of pyridine rings is 2. The van der Waals surface area contributed by atoms with Crippen LogP contribution in [-0.4, -0.2) is 54.3 Å². The Morgan fingerprint density at radius 1 is 0.967 bits per heavy atom. The summed E-state index contributed by atoms with van der Waals surface area (Å²) < 4.78 is 2.04. The Bertz CT molecular complexity index is 1130. The second-order valence-corrected chi connectivity index (χ2v) is 8.03. The number of piperidine rings is 1. The number of rotatable bonds is 5. The second kappa shape index (κ2) is 8.28. The molecule has 0 radical (unpaired) electrons. The van der Waals surface area contributed by atoms with Gasteiger partial charge in [-0.1, -0.05) is 0 Å². The van der Waals surface area contributed by atoms with Gasteiger partial charge in [-0.25, -0.2) is 19.9 Å². The number of likely N-dealkylation sites (tertiary alicyclic amines) is 1. The fourth-order valence-electron chi connectivity index (χ4n) is 4.14. The Labute approximate surface area is 175 Å². The Morgan fingerprint density at radius 3 is 2.57 bits per heavy atom. The molecular weight excluding hydrogens is 374 g/mol. The molecule has 1 fully saturated rings. The zero-order valence-electron chi connectivity index (χ0n) is 17.1. The summed E-state index contributed by atoms with van der Waals surface area (Å²) in [6.07, 6.45) is 13.3. The molecule has 0 spiro atoms. The number of fused-ring (bicyclic) bond motifs is 1. The summed E-state index contributed by atoms with van der Waals surface area (Å²) in [5, 5.41) is 5.43. The molecular formula is C23H25N7. The van der Waals surface area contributed by atoms with E-state index in [1.54, 1.807) is 12.4 Å². The fraction of sp³-hybridized carbons (Fsp3) is 0.348. The molecule has 7 nitrogen and oxygen atoms in total. The Hall–Kier alpha value is -3.19. The van der Waals surface area contributed by atoms with Crippen molar-refractivity contribution >= 4 is 11.0 Å². The molecule has 0 aromatic carbocycles. The van der Waals surface area contributed by atoms with Gasteiger partial charge in [-0.2, -0.15) is 5.10 Å². The lowest BCUT2D eigenvalue weighted by Gasteiger charge is -2.31. The smallest absolute Gasteiger partial charge is 0.159 e. The van der Waals surface area contributed by atoms with Gasteiger partial charge < -0.3 is 4.90 Å². The van der Waals surface area contributed by atoms with Crippen LogP contribution in [0, 0.1) is 6.92 Å². The van der Waals surface area contributed by atoms with E-state index in [0.717, 1.165) is 66.9 Å². The third-order valence-corrected chi connectivity index (χ3v) is 5.87. The summed E-state index contributed by atoms with van der Waals surface area (Å²) in [6, 6.07) is 6.42. The maximum Gasteiger partial charge on any atom is 0.159 e. The third kappa shape index (κ3) is 4.07. The number of aryl methyl sites for hydroxylation is 1. The highest BCUT2D eigenvalue weighted by Gasteiger charge is 2.22. The molecule has 30 heavy (non-hydrogen) atoms. The largest absolute Gasteiger partial charge is 0.301 e. The molecule has 1 aliphatic heterocycles. The Kier molecular flexibility index (Phi) is 5.19. The molecule has 7 heteroatoms. The maximum absolute atomic E-state index is 4.88. The molecule has 152 valence electrons. The van der Waals surface area contributed by atoms with Gasteiger partial charge in [0.05, 0.1) is 12.7 Å². The highest BCUT2D eigenvalue weighted by Crippen LogP contribution is 2.28. The van der Waals surface area contributed by atoms with Crippen LogP contribution in [-0.2, 0) is 6.54 Å². The molecule has 5 heterocycles. The first-order valence-electron chi connectivity index (χ1n) is 10.5. The van der Waals surface area contributed by atoms with Crippen molar-refractivity contribution in [2.45, 2.75) is 32.2 Å². The van der Waals surface area contributed by atoms with Crippen LogP contribution in [0.15, 0.2) is 55.5 Å². The summed E-state index contributed by atoms with van der Waals surface area (Å²) in [5.41, 5.74) is 5.17. The van der Waals surface area contributed by atoms with Gasteiger partial charge >= 0.3 is 0 Å². The van der Waals surface area contributed by atoms with Crippen LogP contribution in [0.2, 0.25) is 0 Å². The minimum absolute atomic E-state index is 0.501. The molecule has 0 aliphatic carbocycles. The molecule has 0 saturated carbocycles. The molecule has 4 aromatic rings. The van der Waals surface area contributed by atoms with Crippen LogP contribution in [0.25, 0.3) is 22.2 Å². The topological polar surface area (TPSA) is 72.6 Å². The molecule has 0 atom stereocenters. The maximum atomic E-state index is 4.88. The van der Waals surface area contributed by atoms with Crippen LogP contribution in [0.3, 0.4) is 0 Å². The molecule has 0 unspecified atom stereocenters. The molecule has 5 rings (SSSR count). The van der Waals surface area contributed by atoms with E-state index in [4.69, 9.17) is 4.98 Å². The van der Waals surface area contributed by atoms with Gasteiger partial charge in [0, 0.05) is 59.5 Å². The van der Waals surface area contributed by atoms with Crippen LogP contribution in [0.4, 0.5) is 0 Å². The highest BCUT2D eigenvalue weighted by atomic mass is 15.3. The first-order chi connectivity index (χ1) is 14.7. The van der Waals surface area contributed by atoms with E-state index in [2.05, 4.69) is 56.3 Å². The normalized spacial score (nSPS) is 15.6. The van der Waals surface area contributed by atoms with Crippen LogP contribution in [0.1, 0.15) is 30.0 Å². The lowest BCUT2D eigenvalue weighted by Crippen LogP contribution is -2.35. The van der Waals surface area contributed by atoms with E-state index in [1.165, 1.54) is 11.9 Å². The van der Waals surface area contributed by atoms with Gasteiger partial charge in [0.15, 0.2) is 5.65 Å². The van der Waals surface area contributed by atoms with E-state index in [1.807, 2.05) is 17.1 Å². The number of hydrogen-bond acceptors (Lipinski definition) is 6. The van der Waals surface area contributed by atoms with Crippen molar-refractivity contribution in [3.05, 3.63) is 66.8 Å². The first-order valence-corrected chi connectivity index (χ1v) is 10.5. The third-order valence-electron chi connectivity index (χ3n) is 5.87. The monoisotopic (exact) mass is 399 g/mol. The Balaban J connectivity index is 1.23. The van der Waals surface area contributed by atoms with Crippen LogP contribution < -0.4 is 0 Å². The van der Waals surface area contributed by atoms with Crippen molar-refractivity contribution in [3.8, 4) is 11.1 Å². The van der Waals surface area contributed by atoms with E-state index in [9.17, 15) is 0 Å². The summed E-state index contributed by atoms with van der Waals surface area (Å²) in [5.74, 6) is 0.501. The van der Waals surface area contributed by atoms with E-state index in [-0.39, 0.29) is 0 Å². The van der Waals surface area contributed by atoms with Crippen molar-refractivity contribution in [2.75, 3.05) is 19.6 Å².